The molecule has 0 aliphatic carbocycles. The molecular weight excluding hydrogens is 246 g/mol. The van der Waals surface area contributed by atoms with Crippen LogP contribution in [0.15, 0.2) is 12.3 Å². The van der Waals surface area contributed by atoms with Crippen LogP contribution in [0.1, 0.15) is 24.2 Å². The highest BCUT2D eigenvalue weighted by atomic mass is 16.5. The number of ether oxygens (including phenoxy) is 2. The molecule has 0 radical (unpaired) electrons. The third-order valence-corrected chi connectivity index (χ3v) is 2.79. The van der Waals surface area contributed by atoms with Crippen LogP contribution in [0, 0.1) is 0 Å². The van der Waals surface area contributed by atoms with E-state index in [0.29, 0.717) is 30.3 Å². The van der Waals surface area contributed by atoms with Gasteiger partial charge in [0, 0.05) is 14.2 Å². The molecule has 0 saturated carbocycles. The fourth-order valence-corrected chi connectivity index (χ4v) is 1.68. The minimum atomic E-state index is -0.422. The van der Waals surface area contributed by atoms with Gasteiger partial charge in [0.15, 0.2) is 0 Å². The van der Waals surface area contributed by atoms with E-state index in [0.717, 1.165) is 0 Å². The molecule has 0 amide bonds. The predicted octanol–water partition coefficient (Wildman–Crippen LogP) is 1.31. The van der Waals surface area contributed by atoms with Crippen molar-refractivity contribution in [1.82, 2.24) is 4.98 Å². The van der Waals surface area contributed by atoms with E-state index in [9.17, 15) is 4.79 Å². The molecule has 1 aromatic heterocycles. The number of carbonyl (C=O) groups excluding carboxylic acids is 1. The number of hydrogen-bond acceptors (Lipinski definition) is 6. The molecule has 1 rings (SSSR count). The number of likely N-dealkylation sites (N-methyl/N-ethyl adjacent to an activating group) is 1. The van der Waals surface area contributed by atoms with E-state index in [2.05, 4.69) is 4.98 Å². The molecular formula is C13H21N3O3. The molecule has 6 heteroatoms. The first kappa shape index (κ1) is 15.2. The van der Waals surface area contributed by atoms with Gasteiger partial charge < -0.3 is 20.1 Å². The van der Waals surface area contributed by atoms with Crippen LogP contribution in [-0.2, 0) is 9.47 Å². The first-order valence-corrected chi connectivity index (χ1v) is 6.15. The van der Waals surface area contributed by atoms with Crippen molar-refractivity contribution in [3.05, 3.63) is 17.8 Å². The highest BCUT2D eigenvalue weighted by Crippen LogP contribution is 2.21. The number of anilines is 2. The number of carbonyl (C=O) groups is 1. The summed E-state index contributed by atoms with van der Waals surface area (Å²) in [5.41, 5.74) is 6.48. The SMILES string of the molecule is CCOC(=O)c1cc(N)cnc1N(C)C(C)COC. The van der Waals surface area contributed by atoms with Crippen LogP contribution >= 0.6 is 0 Å². The van der Waals surface area contributed by atoms with E-state index in [1.807, 2.05) is 18.9 Å². The molecule has 0 aliphatic heterocycles. The molecule has 0 bridgehead atoms. The van der Waals surface area contributed by atoms with E-state index < -0.39 is 5.97 Å². The van der Waals surface area contributed by atoms with E-state index in [1.54, 1.807) is 20.1 Å². The molecule has 19 heavy (non-hydrogen) atoms. The lowest BCUT2D eigenvalue weighted by atomic mass is 10.2. The fourth-order valence-electron chi connectivity index (χ4n) is 1.68. The minimum Gasteiger partial charge on any atom is -0.462 e. The molecule has 0 aliphatic rings. The Morgan fingerprint density at radius 1 is 1.58 bits per heavy atom. The van der Waals surface area contributed by atoms with Crippen molar-refractivity contribution in [1.29, 1.82) is 0 Å². The maximum Gasteiger partial charge on any atom is 0.341 e. The molecule has 1 heterocycles. The molecule has 0 saturated heterocycles. The minimum absolute atomic E-state index is 0.0781. The molecule has 2 N–H and O–H groups in total. The lowest BCUT2D eigenvalue weighted by molar-refractivity contribution is 0.0526. The van der Waals surface area contributed by atoms with Crippen molar-refractivity contribution >= 4 is 17.5 Å². The van der Waals surface area contributed by atoms with Crippen LogP contribution in [0.4, 0.5) is 11.5 Å². The Bertz CT molecular complexity index is 437. The van der Waals surface area contributed by atoms with Gasteiger partial charge >= 0.3 is 5.97 Å². The predicted molar refractivity (Wildman–Crippen MR) is 74.3 cm³/mol. The van der Waals surface area contributed by atoms with Crippen LogP contribution in [0.2, 0.25) is 0 Å². The normalized spacial score (nSPS) is 12.0. The number of hydrogen-bond donors (Lipinski definition) is 1. The second kappa shape index (κ2) is 6.94. The van der Waals surface area contributed by atoms with Gasteiger partial charge in [0.25, 0.3) is 0 Å². The van der Waals surface area contributed by atoms with E-state index >= 15 is 0 Å². The number of methoxy groups -OCH3 is 1. The maximum absolute atomic E-state index is 11.9. The van der Waals surface area contributed by atoms with Gasteiger partial charge in [-0.05, 0) is 19.9 Å². The van der Waals surface area contributed by atoms with Gasteiger partial charge in [-0.25, -0.2) is 9.78 Å². The summed E-state index contributed by atoms with van der Waals surface area (Å²) in [5.74, 6) is 0.117. The number of esters is 1. The van der Waals surface area contributed by atoms with E-state index in [1.165, 1.54) is 6.20 Å². The largest absolute Gasteiger partial charge is 0.462 e. The highest BCUT2D eigenvalue weighted by Gasteiger charge is 2.20. The molecule has 0 fully saturated rings. The molecule has 0 spiro atoms. The molecule has 0 aromatic carbocycles. The number of pyridine rings is 1. The van der Waals surface area contributed by atoms with Crippen LogP contribution in [0.25, 0.3) is 0 Å². The first-order valence-electron chi connectivity index (χ1n) is 6.15. The average molecular weight is 267 g/mol. The number of aromatic nitrogens is 1. The average Bonchev–Trinajstić information content (AvgIpc) is 2.38. The van der Waals surface area contributed by atoms with Crippen molar-refractivity contribution in [2.75, 3.05) is 38.0 Å². The number of nitrogens with two attached hydrogens (primary N) is 1. The second-order valence-corrected chi connectivity index (χ2v) is 4.28. The number of nitrogen functional groups attached to an aromatic ring is 1. The van der Waals surface area contributed by atoms with Crippen molar-refractivity contribution in [2.45, 2.75) is 19.9 Å². The monoisotopic (exact) mass is 267 g/mol. The van der Waals surface area contributed by atoms with Crippen LogP contribution in [0.3, 0.4) is 0 Å². The third kappa shape index (κ3) is 3.82. The molecule has 1 unspecified atom stereocenters. The van der Waals surface area contributed by atoms with E-state index in [4.69, 9.17) is 15.2 Å². The van der Waals surface area contributed by atoms with Gasteiger partial charge in [-0.3, -0.25) is 0 Å². The highest BCUT2D eigenvalue weighted by molar-refractivity contribution is 5.95. The molecule has 6 nitrogen and oxygen atoms in total. The maximum atomic E-state index is 11.9. The zero-order chi connectivity index (χ0) is 14.4. The zero-order valence-corrected chi connectivity index (χ0v) is 11.8. The van der Waals surface area contributed by atoms with Gasteiger partial charge in [-0.2, -0.15) is 0 Å². The Labute approximate surface area is 113 Å². The fraction of sp³-hybridized carbons (Fsp3) is 0.538. The summed E-state index contributed by atoms with van der Waals surface area (Å²) in [5, 5.41) is 0. The van der Waals surface area contributed by atoms with Crippen molar-refractivity contribution in [2.24, 2.45) is 0 Å². The van der Waals surface area contributed by atoms with Crippen LogP contribution in [0.5, 0.6) is 0 Å². The lowest BCUT2D eigenvalue weighted by Gasteiger charge is -2.26. The third-order valence-electron chi connectivity index (χ3n) is 2.79. The Kier molecular flexibility index (Phi) is 5.57. The summed E-state index contributed by atoms with van der Waals surface area (Å²) in [6.45, 7) is 4.58. The zero-order valence-electron chi connectivity index (χ0n) is 11.8. The first-order chi connectivity index (χ1) is 9.01. The summed E-state index contributed by atoms with van der Waals surface area (Å²) in [7, 11) is 3.48. The van der Waals surface area contributed by atoms with Gasteiger partial charge in [0.05, 0.1) is 31.1 Å². The molecule has 106 valence electrons. The van der Waals surface area contributed by atoms with Gasteiger partial charge in [-0.15, -0.1) is 0 Å². The summed E-state index contributed by atoms with van der Waals surface area (Å²) in [6.07, 6.45) is 1.52. The number of nitrogens with zero attached hydrogens (tertiary/aromatic N) is 2. The Morgan fingerprint density at radius 3 is 2.84 bits per heavy atom. The summed E-state index contributed by atoms with van der Waals surface area (Å²) in [6, 6.07) is 1.66. The van der Waals surface area contributed by atoms with Crippen LogP contribution in [-0.4, -0.2) is 44.4 Å². The van der Waals surface area contributed by atoms with E-state index in [-0.39, 0.29) is 6.04 Å². The summed E-state index contributed by atoms with van der Waals surface area (Å²) in [4.78, 5) is 18.0. The topological polar surface area (TPSA) is 77.7 Å². The van der Waals surface area contributed by atoms with Crippen molar-refractivity contribution < 1.29 is 14.3 Å². The van der Waals surface area contributed by atoms with Gasteiger partial charge in [0.1, 0.15) is 11.4 Å². The van der Waals surface area contributed by atoms with Crippen molar-refractivity contribution in [3.63, 3.8) is 0 Å². The molecule has 1 atom stereocenters. The van der Waals surface area contributed by atoms with Gasteiger partial charge in [-0.1, -0.05) is 0 Å². The Hall–Kier alpha value is -1.82. The second-order valence-electron chi connectivity index (χ2n) is 4.28. The summed E-state index contributed by atoms with van der Waals surface area (Å²) >= 11 is 0. The van der Waals surface area contributed by atoms with Crippen LogP contribution < -0.4 is 10.6 Å². The Morgan fingerprint density at radius 2 is 2.26 bits per heavy atom. The standard InChI is InChI=1S/C13H21N3O3/c1-5-19-13(17)11-6-10(14)7-15-12(11)16(3)9(2)8-18-4/h6-7,9H,5,8,14H2,1-4H3. The Balaban J connectivity index is 3.08. The lowest BCUT2D eigenvalue weighted by Crippen LogP contribution is -2.34. The molecule has 1 aromatic rings. The summed E-state index contributed by atoms with van der Waals surface area (Å²) < 4.78 is 10.1. The number of rotatable bonds is 6. The van der Waals surface area contributed by atoms with Crippen molar-refractivity contribution in [3.8, 4) is 0 Å². The van der Waals surface area contributed by atoms with Gasteiger partial charge in [0.2, 0.25) is 0 Å². The smallest absolute Gasteiger partial charge is 0.341 e. The quantitative estimate of drug-likeness (QED) is 0.783.